The van der Waals surface area contributed by atoms with Gasteiger partial charge in [0.1, 0.15) is 12.4 Å². The van der Waals surface area contributed by atoms with E-state index < -0.39 is 24.1 Å². The molecule has 3 aromatic rings. The summed E-state index contributed by atoms with van der Waals surface area (Å²) in [5.41, 5.74) is 2.37. The lowest BCUT2D eigenvalue weighted by molar-refractivity contribution is 0.0117. The number of nitrogens with zero attached hydrogens (tertiary/aromatic N) is 1. The minimum atomic E-state index is -0.665. The highest BCUT2D eigenvalue weighted by atomic mass is 35.5. The minimum Gasteiger partial charge on any atom is -0.445 e. The highest BCUT2D eigenvalue weighted by Gasteiger charge is 2.37. The average molecular weight is 503 g/mol. The molecule has 0 spiro atoms. The Morgan fingerprint density at radius 2 is 1.85 bits per heavy atom. The lowest BCUT2D eigenvalue weighted by Gasteiger charge is -2.40. The molecule has 3 atom stereocenters. The highest BCUT2D eigenvalue weighted by Crippen LogP contribution is 2.35. The summed E-state index contributed by atoms with van der Waals surface area (Å²) in [5.74, 6) is -0.872. The summed E-state index contributed by atoms with van der Waals surface area (Å²) in [5, 5.41) is 14.9. The van der Waals surface area contributed by atoms with E-state index in [1.54, 1.807) is 23.1 Å². The van der Waals surface area contributed by atoms with E-state index in [-0.39, 0.29) is 24.1 Å². The lowest BCUT2D eigenvalue weighted by atomic mass is 9.84. The number of benzene rings is 3. The van der Waals surface area contributed by atoms with E-state index in [1.807, 2.05) is 42.5 Å². The second-order valence-corrected chi connectivity index (χ2v) is 9.15. The van der Waals surface area contributed by atoms with Gasteiger partial charge in [-0.15, -0.1) is 0 Å². The normalized spacial score (nSPS) is 18.9. The molecule has 1 fully saturated rings. The van der Waals surface area contributed by atoms with E-state index >= 15 is 0 Å². The van der Waals surface area contributed by atoms with Crippen LogP contribution in [0.25, 0.3) is 0 Å². The summed E-state index contributed by atoms with van der Waals surface area (Å²) >= 11 is 12.1. The van der Waals surface area contributed by atoms with Crippen LogP contribution in [0.4, 0.5) is 14.9 Å². The molecule has 0 aromatic heterocycles. The van der Waals surface area contributed by atoms with Crippen molar-refractivity contribution in [1.29, 1.82) is 0 Å². The Labute approximate surface area is 208 Å². The number of likely N-dealkylation sites (tertiary alicyclic amines) is 1. The Hall–Kier alpha value is -2.80. The number of piperidine rings is 1. The van der Waals surface area contributed by atoms with Gasteiger partial charge in [-0.2, -0.15) is 0 Å². The average Bonchev–Trinajstić information content (AvgIpc) is 2.85. The van der Waals surface area contributed by atoms with Crippen molar-refractivity contribution < 1.29 is 19.0 Å². The number of rotatable bonds is 6. The molecule has 2 N–H and O–H groups in total. The fourth-order valence-electron chi connectivity index (χ4n) is 4.15. The molecule has 1 aliphatic rings. The topological polar surface area (TPSA) is 61.8 Å². The Kier molecular flexibility index (Phi) is 7.93. The van der Waals surface area contributed by atoms with E-state index in [4.69, 9.17) is 27.9 Å². The highest BCUT2D eigenvalue weighted by molar-refractivity contribution is 6.31. The monoisotopic (exact) mass is 502 g/mol. The fraction of sp³-hybridized carbons (Fsp3) is 0.269. The SMILES string of the molecule is O=C(OCc1ccccc1)N1CC[C@@H](O)[C@H]([C@H](Nc2ccc(F)c(Cl)c2)c2ccc(Cl)cc2)C1. The summed E-state index contributed by atoms with van der Waals surface area (Å²) in [7, 11) is 0. The summed E-state index contributed by atoms with van der Waals surface area (Å²) in [6.07, 6.45) is -0.691. The number of nitrogens with one attached hydrogen (secondary N) is 1. The van der Waals surface area contributed by atoms with Crippen LogP contribution < -0.4 is 5.32 Å². The molecule has 0 unspecified atom stereocenters. The molecule has 8 heteroatoms. The van der Waals surface area contributed by atoms with Crippen LogP contribution in [-0.2, 0) is 11.3 Å². The quantitative estimate of drug-likeness (QED) is 0.414. The Balaban J connectivity index is 1.54. The predicted molar refractivity (Wildman–Crippen MR) is 132 cm³/mol. The van der Waals surface area contributed by atoms with Crippen molar-refractivity contribution in [3.63, 3.8) is 0 Å². The van der Waals surface area contributed by atoms with Crippen molar-refractivity contribution in [2.75, 3.05) is 18.4 Å². The minimum absolute atomic E-state index is 0.00448. The predicted octanol–water partition coefficient (Wildman–Crippen LogP) is 6.31. The Morgan fingerprint density at radius 1 is 1.12 bits per heavy atom. The van der Waals surface area contributed by atoms with Gasteiger partial charge in [-0.3, -0.25) is 0 Å². The van der Waals surface area contributed by atoms with Crippen molar-refractivity contribution in [3.8, 4) is 0 Å². The van der Waals surface area contributed by atoms with Crippen molar-refractivity contribution in [2.45, 2.75) is 25.2 Å². The third kappa shape index (κ3) is 6.00. The molecule has 0 saturated carbocycles. The van der Waals surface area contributed by atoms with Gasteiger partial charge in [0.05, 0.1) is 17.2 Å². The van der Waals surface area contributed by atoms with Crippen LogP contribution in [-0.4, -0.2) is 35.3 Å². The molecule has 1 heterocycles. The molecule has 178 valence electrons. The number of amides is 1. The zero-order valence-corrected chi connectivity index (χ0v) is 19.8. The van der Waals surface area contributed by atoms with Crippen molar-refractivity contribution in [1.82, 2.24) is 4.90 Å². The molecular formula is C26H25Cl2FN2O3. The molecule has 34 heavy (non-hydrogen) atoms. The lowest BCUT2D eigenvalue weighted by Crippen LogP contribution is -2.49. The van der Waals surface area contributed by atoms with Gasteiger partial charge in [-0.25, -0.2) is 9.18 Å². The van der Waals surface area contributed by atoms with E-state index in [1.165, 1.54) is 12.1 Å². The number of carbonyl (C=O) groups excluding carboxylic acids is 1. The molecule has 1 saturated heterocycles. The maximum Gasteiger partial charge on any atom is 0.410 e. The maximum atomic E-state index is 13.7. The smallest absolute Gasteiger partial charge is 0.410 e. The van der Waals surface area contributed by atoms with Gasteiger partial charge < -0.3 is 20.1 Å². The summed E-state index contributed by atoms with van der Waals surface area (Å²) in [6, 6.07) is 20.7. The number of hydrogen-bond donors (Lipinski definition) is 2. The molecule has 4 rings (SSSR count). The first-order valence-corrected chi connectivity index (χ1v) is 11.8. The molecule has 1 amide bonds. The van der Waals surface area contributed by atoms with E-state index in [9.17, 15) is 14.3 Å². The van der Waals surface area contributed by atoms with Gasteiger partial charge in [-0.1, -0.05) is 65.7 Å². The molecule has 0 radical (unpaired) electrons. The zero-order chi connectivity index (χ0) is 24.1. The van der Waals surface area contributed by atoms with Gasteiger partial charge in [0.25, 0.3) is 0 Å². The van der Waals surface area contributed by atoms with E-state index in [2.05, 4.69) is 5.32 Å². The van der Waals surface area contributed by atoms with E-state index in [0.717, 1.165) is 11.1 Å². The number of anilines is 1. The van der Waals surface area contributed by atoms with Crippen LogP contribution in [0, 0.1) is 11.7 Å². The van der Waals surface area contributed by atoms with Gasteiger partial charge in [-0.05, 0) is 47.9 Å². The number of aliphatic hydroxyl groups excluding tert-OH is 1. The molecular weight excluding hydrogens is 478 g/mol. The molecule has 5 nitrogen and oxygen atoms in total. The van der Waals surface area contributed by atoms with Crippen molar-refractivity contribution in [3.05, 3.63) is 99.8 Å². The number of ether oxygens (including phenoxy) is 1. The third-order valence-electron chi connectivity index (χ3n) is 5.98. The maximum absolute atomic E-state index is 13.7. The van der Waals surface area contributed by atoms with E-state index in [0.29, 0.717) is 23.7 Å². The number of halogens is 3. The second-order valence-electron chi connectivity index (χ2n) is 8.31. The largest absolute Gasteiger partial charge is 0.445 e. The van der Waals surface area contributed by atoms with Crippen LogP contribution >= 0.6 is 23.2 Å². The number of aliphatic hydroxyl groups is 1. The van der Waals surface area contributed by atoms with Gasteiger partial charge in [0.2, 0.25) is 0 Å². The van der Waals surface area contributed by atoms with Crippen LogP contribution in [0.2, 0.25) is 10.0 Å². The van der Waals surface area contributed by atoms with Crippen molar-refractivity contribution >= 4 is 35.0 Å². The number of carbonyl (C=O) groups is 1. The standard InChI is InChI=1S/C26H25Cl2FN2O3/c27-19-8-6-18(7-9-19)25(30-20-10-11-23(29)22(28)14-20)21-15-31(13-12-24(21)32)26(33)34-16-17-4-2-1-3-5-17/h1-11,14,21,24-25,30,32H,12-13,15-16H2/t21-,24-,25-/m1/s1. The van der Waals surface area contributed by atoms with Gasteiger partial charge >= 0.3 is 6.09 Å². The molecule has 1 aliphatic heterocycles. The summed E-state index contributed by atoms with van der Waals surface area (Å²) in [6.45, 7) is 0.849. The van der Waals surface area contributed by atoms with Gasteiger partial charge in [0, 0.05) is 29.7 Å². The third-order valence-corrected chi connectivity index (χ3v) is 6.52. The van der Waals surface area contributed by atoms with Crippen LogP contribution in [0.3, 0.4) is 0 Å². The Morgan fingerprint density at radius 3 is 2.56 bits per heavy atom. The van der Waals surface area contributed by atoms with Crippen LogP contribution in [0.1, 0.15) is 23.6 Å². The molecule has 0 bridgehead atoms. The zero-order valence-electron chi connectivity index (χ0n) is 18.3. The first kappa shape index (κ1) is 24.3. The summed E-state index contributed by atoms with van der Waals surface area (Å²) in [4.78, 5) is 14.4. The van der Waals surface area contributed by atoms with Crippen molar-refractivity contribution in [2.24, 2.45) is 5.92 Å². The molecule has 3 aromatic carbocycles. The van der Waals surface area contributed by atoms with Gasteiger partial charge in [0.15, 0.2) is 0 Å². The second kappa shape index (κ2) is 11.1. The first-order valence-electron chi connectivity index (χ1n) is 11.0. The summed E-state index contributed by atoms with van der Waals surface area (Å²) < 4.78 is 19.2. The number of hydrogen-bond acceptors (Lipinski definition) is 4. The Bertz CT molecular complexity index is 1110. The van der Waals surface area contributed by atoms with Crippen LogP contribution in [0.5, 0.6) is 0 Å². The van der Waals surface area contributed by atoms with Crippen LogP contribution in [0.15, 0.2) is 72.8 Å². The first-order chi connectivity index (χ1) is 16.4. The fourth-order valence-corrected chi connectivity index (χ4v) is 4.45. The molecule has 0 aliphatic carbocycles.